The highest BCUT2D eigenvalue weighted by atomic mass is 35.5. The Labute approximate surface area is 174 Å². The van der Waals surface area contributed by atoms with Gasteiger partial charge in [0.1, 0.15) is 5.75 Å². The number of ether oxygens (including phenoxy) is 1. The Morgan fingerprint density at radius 1 is 1.07 bits per heavy atom. The summed E-state index contributed by atoms with van der Waals surface area (Å²) in [5.41, 5.74) is 3.68. The molecule has 0 unspecified atom stereocenters. The van der Waals surface area contributed by atoms with Crippen LogP contribution in [0.25, 0.3) is 5.57 Å². The standard InChI is InChI=1S/C23H29NO3.ClH/c1-19(14-16-24-17-15-23(25)26)21-10-12-22(13-11-21)27-18-6-5-9-20-7-3-2-4-8-20;/h2-4,7-8,10-14,24H,5-6,9,15-18H2,1H3,(H,25,26);1H/b19-14-;. The zero-order valence-corrected chi connectivity index (χ0v) is 17.2. The molecule has 0 aliphatic carbocycles. The number of carboxylic acids is 1. The largest absolute Gasteiger partial charge is 0.494 e. The maximum absolute atomic E-state index is 10.5. The Kier molecular flexibility index (Phi) is 11.7. The van der Waals surface area contributed by atoms with E-state index in [1.54, 1.807) is 0 Å². The van der Waals surface area contributed by atoms with Gasteiger partial charge in [-0.05, 0) is 55.0 Å². The molecule has 0 aliphatic heterocycles. The van der Waals surface area contributed by atoms with Gasteiger partial charge in [-0.25, -0.2) is 0 Å². The highest BCUT2D eigenvalue weighted by Crippen LogP contribution is 2.18. The number of carbonyl (C=O) groups is 1. The fourth-order valence-corrected chi connectivity index (χ4v) is 2.72. The third-order valence-electron chi connectivity index (χ3n) is 4.35. The first-order valence-corrected chi connectivity index (χ1v) is 9.51. The minimum absolute atomic E-state index is 0. The molecule has 0 heterocycles. The molecule has 2 aromatic carbocycles. The molecule has 0 amide bonds. The second-order valence-corrected chi connectivity index (χ2v) is 6.55. The highest BCUT2D eigenvalue weighted by Gasteiger charge is 1.99. The second kappa shape index (κ2) is 13.8. The van der Waals surface area contributed by atoms with Gasteiger partial charge in [0.15, 0.2) is 0 Å². The fraction of sp³-hybridized carbons (Fsp3) is 0.348. The topological polar surface area (TPSA) is 58.6 Å². The molecule has 0 radical (unpaired) electrons. The number of allylic oxidation sites excluding steroid dienone is 1. The van der Waals surface area contributed by atoms with Crippen molar-refractivity contribution in [2.24, 2.45) is 0 Å². The van der Waals surface area contributed by atoms with Crippen molar-refractivity contribution >= 4 is 23.9 Å². The minimum atomic E-state index is -0.779. The third-order valence-corrected chi connectivity index (χ3v) is 4.35. The number of hydrogen-bond acceptors (Lipinski definition) is 3. The van der Waals surface area contributed by atoms with Crippen LogP contribution in [0.5, 0.6) is 5.75 Å². The number of halogens is 1. The van der Waals surface area contributed by atoms with E-state index in [1.165, 1.54) is 5.56 Å². The molecule has 0 saturated heterocycles. The van der Waals surface area contributed by atoms with Crippen molar-refractivity contribution in [2.45, 2.75) is 32.6 Å². The van der Waals surface area contributed by atoms with Crippen molar-refractivity contribution in [3.8, 4) is 5.75 Å². The van der Waals surface area contributed by atoms with E-state index < -0.39 is 5.97 Å². The first-order valence-electron chi connectivity index (χ1n) is 9.51. The maximum atomic E-state index is 10.5. The lowest BCUT2D eigenvalue weighted by Gasteiger charge is -2.08. The van der Waals surface area contributed by atoms with E-state index in [-0.39, 0.29) is 18.8 Å². The lowest BCUT2D eigenvalue weighted by molar-refractivity contribution is -0.136. The molecule has 0 atom stereocenters. The number of rotatable bonds is 12. The fourth-order valence-electron chi connectivity index (χ4n) is 2.72. The van der Waals surface area contributed by atoms with Crippen molar-refractivity contribution in [2.75, 3.05) is 19.7 Å². The number of hydrogen-bond donors (Lipinski definition) is 2. The molecule has 4 nitrogen and oxygen atoms in total. The second-order valence-electron chi connectivity index (χ2n) is 6.55. The Bertz CT molecular complexity index is 714. The lowest BCUT2D eigenvalue weighted by Crippen LogP contribution is -2.18. The van der Waals surface area contributed by atoms with Crippen LogP contribution in [-0.2, 0) is 11.2 Å². The molecular formula is C23H30ClNO3. The molecule has 0 bridgehead atoms. The summed E-state index contributed by atoms with van der Waals surface area (Å²) >= 11 is 0. The summed E-state index contributed by atoms with van der Waals surface area (Å²) in [5.74, 6) is 0.115. The Hall–Kier alpha value is -2.30. The van der Waals surface area contributed by atoms with Gasteiger partial charge in [-0.15, -0.1) is 12.4 Å². The predicted molar refractivity (Wildman–Crippen MR) is 117 cm³/mol. The third kappa shape index (κ3) is 9.58. The van der Waals surface area contributed by atoms with Gasteiger partial charge in [0.05, 0.1) is 13.0 Å². The van der Waals surface area contributed by atoms with Crippen molar-refractivity contribution in [3.05, 3.63) is 71.8 Å². The Morgan fingerprint density at radius 3 is 2.46 bits per heavy atom. The molecule has 0 fully saturated rings. The van der Waals surface area contributed by atoms with Crippen LogP contribution in [0.3, 0.4) is 0 Å². The number of nitrogens with one attached hydrogen (secondary N) is 1. The first kappa shape index (κ1) is 23.7. The summed E-state index contributed by atoms with van der Waals surface area (Å²) < 4.78 is 5.83. The van der Waals surface area contributed by atoms with Gasteiger partial charge in [-0.1, -0.05) is 48.5 Å². The van der Waals surface area contributed by atoms with Crippen LogP contribution in [0.2, 0.25) is 0 Å². The number of benzene rings is 2. The monoisotopic (exact) mass is 403 g/mol. The van der Waals surface area contributed by atoms with Crippen LogP contribution in [-0.4, -0.2) is 30.8 Å². The van der Waals surface area contributed by atoms with Crippen molar-refractivity contribution in [1.82, 2.24) is 5.32 Å². The number of aliphatic carboxylic acids is 1. The lowest BCUT2D eigenvalue weighted by atomic mass is 10.1. The Balaban J connectivity index is 0.00000392. The van der Waals surface area contributed by atoms with Crippen LogP contribution in [0.15, 0.2) is 60.7 Å². The van der Waals surface area contributed by atoms with E-state index in [1.807, 2.05) is 18.2 Å². The number of unbranched alkanes of at least 4 members (excludes halogenated alkanes) is 1. The normalized spacial score (nSPS) is 11.0. The van der Waals surface area contributed by atoms with Crippen LogP contribution in [0.4, 0.5) is 0 Å². The van der Waals surface area contributed by atoms with Crippen LogP contribution in [0, 0.1) is 0 Å². The summed E-state index contributed by atoms with van der Waals surface area (Å²) in [7, 11) is 0. The van der Waals surface area contributed by atoms with Gasteiger partial charge >= 0.3 is 5.97 Å². The SMILES string of the molecule is C/C(=C/CNCCC(=O)O)c1ccc(OCCCCc2ccccc2)cc1.Cl. The minimum Gasteiger partial charge on any atom is -0.494 e. The van der Waals surface area contributed by atoms with Gasteiger partial charge in [-0.3, -0.25) is 4.79 Å². The molecule has 2 aromatic rings. The smallest absolute Gasteiger partial charge is 0.304 e. The van der Waals surface area contributed by atoms with Crippen LogP contribution >= 0.6 is 12.4 Å². The molecule has 2 rings (SSSR count). The summed E-state index contributed by atoms with van der Waals surface area (Å²) in [6, 6.07) is 18.7. The average molecular weight is 404 g/mol. The zero-order chi connectivity index (χ0) is 19.3. The van der Waals surface area contributed by atoms with E-state index >= 15 is 0 Å². The highest BCUT2D eigenvalue weighted by molar-refractivity contribution is 5.85. The van der Waals surface area contributed by atoms with Crippen molar-refractivity contribution in [1.29, 1.82) is 0 Å². The van der Waals surface area contributed by atoms with E-state index in [0.717, 1.165) is 42.8 Å². The van der Waals surface area contributed by atoms with Gasteiger partial charge in [0.25, 0.3) is 0 Å². The maximum Gasteiger partial charge on any atom is 0.304 e. The van der Waals surface area contributed by atoms with Gasteiger partial charge in [0.2, 0.25) is 0 Å². The summed E-state index contributed by atoms with van der Waals surface area (Å²) in [5, 5.41) is 11.7. The van der Waals surface area contributed by atoms with Gasteiger partial charge in [-0.2, -0.15) is 0 Å². The first-order chi connectivity index (χ1) is 13.1. The van der Waals surface area contributed by atoms with Gasteiger partial charge in [0, 0.05) is 13.1 Å². The van der Waals surface area contributed by atoms with E-state index in [0.29, 0.717) is 13.1 Å². The van der Waals surface area contributed by atoms with Crippen molar-refractivity contribution < 1.29 is 14.6 Å². The molecule has 0 spiro atoms. The molecule has 0 aliphatic rings. The van der Waals surface area contributed by atoms with Gasteiger partial charge < -0.3 is 15.2 Å². The van der Waals surface area contributed by atoms with E-state index in [9.17, 15) is 4.79 Å². The molecule has 0 aromatic heterocycles. The average Bonchev–Trinajstić information content (AvgIpc) is 2.68. The van der Waals surface area contributed by atoms with E-state index in [4.69, 9.17) is 9.84 Å². The summed E-state index contributed by atoms with van der Waals surface area (Å²) in [4.78, 5) is 10.5. The molecule has 5 heteroatoms. The molecule has 0 saturated carbocycles. The molecule has 28 heavy (non-hydrogen) atoms. The van der Waals surface area contributed by atoms with Crippen LogP contribution < -0.4 is 10.1 Å². The molecular weight excluding hydrogens is 374 g/mol. The van der Waals surface area contributed by atoms with Crippen LogP contribution in [0.1, 0.15) is 37.3 Å². The zero-order valence-electron chi connectivity index (χ0n) is 16.4. The molecule has 2 N–H and O–H groups in total. The number of aryl methyl sites for hydroxylation is 1. The molecule has 152 valence electrons. The van der Waals surface area contributed by atoms with Crippen molar-refractivity contribution in [3.63, 3.8) is 0 Å². The predicted octanol–water partition coefficient (Wildman–Crippen LogP) is 4.98. The Morgan fingerprint density at radius 2 is 1.79 bits per heavy atom. The summed E-state index contributed by atoms with van der Waals surface area (Å²) in [6.07, 6.45) is 5.47. The van der Waals surface area contributed by atoms with E-state index in [2.05, 4.69) is 54.7 Å². The quantitative estimate of drug-likeness (QED) is 0.491. The number of carboxylic acid groups (broad SMARTS) is 1. The summed E-state index contributed by atoms with van der Waals surface area (Å²) in [6.45, 7) is 3.93.